The van der Waals surface area contributed by atoms with Crippen molar-refractivity contribution in [3.8, 4) is 0 Å². The molecule has 1 aromatic heterocycles. The summed E-state index contributed by atoms with van der Waals surface area (Å²) < 4.78 is 0. The monoisotopic (exact) mass is 366 g/mol. The summed E-state index contributed by atoms with van der Waals surface area (Å²) in [4.78, 5) is 55.5. The zero-order chi connectivity index (χ0) is 19.1. The van der Waals surface area contributed by atoms with Crippen LogP contribution in [0, 0.1) is 0 Å². The number of H-pyrrole nitrogens is 1. The number of aromatic amines is 1. The second-order valence-corrected chi connectivity index (χ2v) is 5.89. The van der Waals surface area contributed by atoms with Crippen LogP contribution in [0.1, 0.15) is 18.5 Å². The number of carboxylic acids is 1. The van der Waals surface area contributed by atoms with Gasteiger partial charge >= 0.3 is 5.97 Å². The van der Waals surface area contributed by atoms with Gasteiger partial charge in [-0.05, 0) is 12.8 Å². The van der Waals surface area contributed by atoms with Crippen LogP contribution in [0.15, 0.2) is 12.5 Å². The van der Waals surface area contributed by atoms with E-state index in [2.05, 4.69) is 20.6 Å². The topological polar surface area (TPSA) is 171 Å². The first-order valence-electron chi connectivity index (χ1n) is 8.19. The summed E-state index contributed by atoms with van der Waals surface area (Å²) in [6.45, 7) is -0.323. The molecule has 0 unspecified atom stereocenters. The van der Waals surface area contributed by atoms with Crippen molar-refractivity contribution in [3.63, 3.8) is 0 Å². The van der Waals surface area contributed by atoms with Gasteiger partial charge in [0.1, 0.15) is 18.6 Å². The van der Waals surface area contributed by atoms with E-state index in [9.17, 15) is 19.2 Å². The lowest BCUT2D eigenvalue weighted by molar-refractivity contribution is -0.140. The van der Waals surface area contributed by atoms with E-state index < -0.39 is 36.4 Å². The minimum absolute atomic E-state index is 0.0816. The second-order valence-electron chi connectivity index (χ2n) is 5.89. The molecule has 6 N–H and O–H groups in total. The van der Waals surface area contributed by atoms with Gasteiger partial charge in [0.25, 0.3) is 0 Å². The second kappa shape index (κ2) is 8.94. The molecule has 0 bridgehead atoms. The summed E-state index contributed by atoms with van der Waals surface area (Å²) in [6.07, 6.45) is 4.23. The molecule has 2 rings (SSSR count). The molecular weight excluding hydrogens is 344 g/mol. The lowest BCUT2D eigenvalue weighted by Gasteiger charge is -2.25. The quantitative estimate of drug-likeness (QED) is 0.341. The van der Waals surface area contributed by atoms with E-state index in [4.69, 9.17) is 10.8 Å². The maximum absolute atomic E-state index is 12.6. The molecule has 0 aromatic carbocycles. The summed E-state index contributed by atoms with van der Waals surface area (Å²) in [7, 11) is 0. The third kappa shape index (κ3) is 5.02. The van der Waals surface area contributed by atoms with Crippen molar-refractivity contribution in [2.24, 2.45) is 5.73 Å². The number of likely N-dealkylation sites (tertiary alicyclic amines) is 1. The minimum atomic E-state index is -1.20. The molecule has 0 spiro atoms. The number of carboxylic acid groups (broad SMARTS) is 1. The van der Waals surface area contributed by atoms with Gasteiger partial charge in [-0.3, -0.25) is 19.2 Å². The van der Waals surface area contributed by atoms with Crippen molar-refractivity contribution in [1.29, 1.82) is 0 Å². The van der Waals surface area contributed by atoms with Crippen LogP contribution in [0.5, 0.6) is 0 Å². The van der Waals surface area contributed by atoms with E-state index >= 15 is 0 Å². The van der Waals surface area contributed by atoms with Crippen LogP contribution in [-0.2, 0) is 25.6 Å². The standard InChI is InChI=1S/C15H22N6O5/c16-5-12(22)21-3-1-2-11(21)15(26)20-10(4-9-6-17-8-19-9)14(25)18-7-13(23)24/h6,8,10-11H,1-5,7,16H2,(H,17,19)(H,18,25)(H,20,26)(H,23,24)/t10-,11-/m0/s1. The van der Waals surface area contributed by atoms with Gasteiger partial charge in [0, 0.05) is 19.2 Å². The highest BCUT2D eigenvalue weighted by molar-refractivity contribution is 5.93. The van der Waals surface area contributed by atoms with Crippen molar-refractivity contribution in [3.05, 3.63) is 18.2 Å². The summed E-state index contributed by atoms with van der Waals surface area (Å²) in [6, 6.07) is -1.71. The molecule has 142 valence electrons. The summed E-state index contributed by atoms with van der Waals surface area (Å²) >= 11 is 0. The highest BCUT2D eigenvalue weighted by Gasteiger charge is 2.35. The minimum Gasteiger partial charge on any atom is -0.480 e. The summed E-state index contributed by atoms with van der Waals surface area (Å²) in [5, 5.41) is 13.5. The number of aromatic nitrogens is 2. The summed E-state index contributed by atoms with van der Waals surface area (Å²) in [5.74, 6) is -2.64. The molecular formula is C15H22N6O5. The predicted molar refractivity (Wildman–Crippen MR) is 88.7 cm³/mol. The zero-order valence-corrected chi connectivity index (χ0v) is 14.1. The third-order valence-electron chi connectivity index (χ3n) is 4.07. The smallest absolute Gasteiger partial charge is 0.322 e. The Morgan fingerprint density at radius 2 is 2.19 bits per heavy atom. The Balaban J connectivity index is 2.06. The van der Waals surface area contributed by atoms with Crippen LogP contribution in [0.25, 0.3) is 0 Å². The van der Waals surface area contributed by atoms with Crippen molar-refractivity contribution < 1.29 is 24.3 Å². The first-order chi connectivity index (χ1) is 12.4. The molecule has 0 aliphatic carbocycles. The zero-order valence-electron chi connectivity index (χ0n) is 14.1. The number of nitrogens with zero attached hydrogens (tertiary/aromatic N) is 2. The molecule has 1 aliphatic heterocycles. The number of nitrogens with two attached hydrogens (primary N) is 1. The molecule has 1 fully saturated rings. The van der Waals surface area contributed by atoms with Gasteiger partial charge in [-0.1, -0.05) is 0 Å². The number of aliphatic carboxylic acids is 1. The molecule has 0 saturated carbocycles. The van der Waals surface area contributed by atoms with Crippen LogP contribution < -0.4 is 16.4 Å². The Morgan fingerprint density at radius 1 is 1.42 bits per heavy atom. The largest absolute Gasteiger partial charge is 0.480 e. The fourth-order valence-electron chi connectivity index (χ4n) is 2.83. The maximum Gasteiger partial charge on any atom is 0.322 e. The van der Waals surface area contributed by atoms with Crippen LogP contribution in [0.2, 0.25) is 0 Å². The molecule has 1 saturated heterocycles. The van der Waals surface area contributed by atoms with Crippen molar-refractivity contribution in [2.75, 3.05) is 19.6 Å². The van der Waals surface area contributed by atoms with E-state index in [-0.39, 0.29) is 18.9 Å². The molecule has 26 heavy (non-hydrogen) atoms. The van der Waals surface area contributed by atoms with E-state index in [0.29, 0.717) is 25.1 Å². The number of rotatable bonds is 8. The van der Waals surface area contributed by atoms with Crippen LogP contribution in [0.3, 0.4) is 0 Å². The Hall–Kier alpha value is -2.95. The number of hydrogen-bond donors (Lipinski definition) is 5. The first kappa shape index (κ1) is 19.4. The van der Waals surface area contributed by atoms with Gasteiger partial charge in [-0.2, -0.15) is 0 Å². The molecule has 1 aliphatic rings. The lowest BCUT2D eigenvalue weighted by atomic mass is 10.1. The van der Waals surface area contributed by atoms with Gasteiger partial charge in [0.05, 0.1) is 18.6 Å². The van der Waals surface area contributed by atoms with Crippen LogP contribution in [0.4, 0.5) is 0 Å². The molecule has 0 radical (unpaired) electrons. The average molecular weight is 366 g/mol. The van der Waals surface area contributed by atoms with Gasteiger partial charge in [0.15, 0.2) is 0 Å². The fraction of sp³-hybridized carbons (Fsp3) is 0.533. The Bertz CT molecular complexity index is 661. The first-order valence-corrected chi connectivity index (χ1v) is 8.19. The van der Waals surface area contributed by atoms with E-state index in [1.807, 2.05) is 0 Å². The number of hydrogen-bond acceptors (Lipinski definition) is 6. The van der Waals surface area contributed by atoms with Crippen molar-refractivity contribution in [2.45, 2.75) is 31.3 Å². The number of nitrogens with one attached hydrogen (secondary N) is 3. The molecule has 3 amide bonds. The highest BCUT2D eigenvalue weighted by Crippen LogP contribution is 2.17. The SMILES string of the molecule is NCC(=O)N1CCC[C@H]1C(=O)N[C@@H](Cc1c[nH]cn1)C(=O)NCC(=O)O. The molecule has 11 heteroatoms. The average Bonchev–Trinajstić information content (AvgIpc) is 3.29. The maximum atomic E-state index is 12.6. The van der Waals surface area contributed by atoms with Crippen molar-refractivity contribution in [1.82, 2.24) is 25.5 Å². The number of carbonyl (C=O) groups excluding carboxylic acids is 3. The predicted octanol–water partition coefficient (Wildman–Crippen LogP) is -2.41. The van der Waals surface area contributed by atoms with Crippen molar-refractivity contribution >= 4 is 23.7 Å². The third-order valence-corrected chi connectivity index (χ3v) is 4.07. The Kier molecular flexibility index (Phi) is 6.67. The van der Waals surface area contributed by atoms with Crippen LogP contribution in [-0.4, -0.2) is 75.4 Å². The number of imidazole rings is 1. The normalized spacial score (nSPS) is 17.6. The number of amides is 3. The molecule has 2 atom stereocenters. The van der Waals surface area contributed by atoms with E-state index in [0.717, 1.165) is 0 Å². The molecule has 11 nitrogen and oxygen atoms in total. The van der Waals surface area contributed by atoms with Gasteiger partial charge < -0.3 is 31.4 Å². The van der Waals surface area contributed by atoms with E-state index in [1.54, 1.807) is 6.20 Å². The fourth-order valence-corrected chi connectivity index (χ4v) is 2.83. The lowest BCUT2D eigenvalue weighted by Crippen LogP contribution is -2.54. The van der Waals surface area contributed by atoms with Gasteiger partial charge in [-0.15, -0.1) is 0 Å². The Morgan fingerprint density at radius 3 is 2.81 bits per heavy atom. The number of carbonyl (C=O) groups is 4. The molecule has 2 heterocycles. The van der Waals surface area contributed by atoms with Gasteiger partial charge in [0.2, 0.25) is 17.7 Å². The highest BCUT2D eigenvalue weighted by atomic mass is 16.4. The van der Waals surface area contributed by atoms with E-state index in [1.165, 1.54) is 11.2 Å². The Labute approximate surface area is 149 Å². The van der Waals surface area contributed by atoms with Gasteiger partial charge in [-0.25, -0.2) is 4.98 Å². The van der Waals surface area contributed by atoms with Crippen LogP contribution >= 0.6 is 0 Å². The molecule has 1 aromatic rings. The summed E-state index contributed by atoms with van der Waals surface area (Å²) in [5.41, 5.74) is 5.90.